The fraction of sp³-hybridized carbons (Fsp3) is 0.389. The second-order valence-electron chi connectivity index (χ2n) is 6.03. The molecule has 1 aliphatic rings. The van der Waals surface area contributed by atoms with Crippen molar-refractivity contribution in [3.05, 3.63) is 59.9 Å². The van der Waals surface area contributed by atoms with E-state index >= 15 is 0 Å². The van der Waals surface area contributed by atoms with Crippen molar-refractivity contribution in [2.45, 2.75) is 12.8 Å². The van der Waals surface area contributed by atoms with Crippen molar-refractivity contribution < 1.29 is 13.9 Å². The van der Waals surface area contributed by atoms with Crippen LogP contribution < -0.4 is 0 Å². The first-order chi connectivity index (χ1) is 11.7. The lowest BCUT2D eigenvalue weighted by molar-refractivity contribution is -0.130. The average molecular weight is 329 g/mol. The van der Waals surface area contributed by atoms with Crippen LogP contribution >= 0.6 is 0 Å². The molecule has 1 aromatic heterocycles. The summed E-state index contributed by atoms with van der Waals surface area (Å²) in [5.74, 6) is -0.0309. The molecule has 0 bridgehead atoms. The molecule has 1 aliphatic heterocycles. The zero-order valence-corrected chi connectivity index (χ0v) is 13.4. The normalized spacial score (nSPS) is 18.2. The van der Waals surface area contributed by atoms with Gasteiger partial charge in [0.15, 0.2) is 0 Å². The second kappa shape index (κ2) is 7.97. The van der Waals surface area contributed by atoms with Gasteiger partial charge in [0.05, 0.1) is 19.6 Å². The van der Waals surface area contributed by atoms with E-state index in [0.29, 0.717) is 26.3 Å². The number of nitrogens with zero attached hydrogens (tertiary/aromatic N) is 3. The molecule has 0 N–H and O–H groups in total. The Hall–Kier alpha value is -2.34. The predicted octanol–water partition coefficient (Wildman–Crippen LogP) is 1.88. The molecule has 0 radical (unpaired) electrons. The van der Waals surface area contributed by atoms with Crippen molar-refractivity contribution in [2.75, 3.05) is 26.3 Å². The lowest BCUT2D eigenvalue weighted by atomic mass is 10.0. The van der Waals surface area contributed by atoms with Crippen molar-refractivity contribution in [3.63, 3.8) is 0 Å². The highest BCUT2D eigenvalue weighted by atomic mass is 19.1. The molecule has 3 rings (SSSR count). The summed E-state index contributed by atoms with van der Waals surface area (Å²) in [5, 5.41) is 0. The van der Waals surface area contributed by atoms with E-state index in [0.717, 1.165) is 17.5 Å². The summed E-state index contributed by atoms with van der Waals surface area (Å²) in [6.07, 6.45) is 6.15. The van der Waals surface area contributed by atoms with Gasteiger partial charge in [0.1, 0.15) is 12.1 Å². The first-order valence-electron chi connectivity index (χ1n) is 8.04. The smallest absolute Gasteiger partial charge is 0.227 e. The van der Waals surface area contributed by atoms with Gasteiger partial charge in [-0.1, -0.05) is 12.1 Å². The molecule has 5 nitrogen and oxygen atoms in total. The first kappa shape index (κ1) is 16.5. The highest BCUT2D eigenvalue weighted by molar-refractivity contribution is 5.78. The minimum absolute atomic E-state index is 0.0430. The predicted molar refractivity (Wildman–Crippen MR) is 86.7 cm³/mol. The maximum Gasteiger partial charge on any atom is 0.227 e. The van der Waals surface area contributed by atoms with E-state index in [2.05, 4.69) is 9.97 Å². The quantitative estimate of drug-likeness (QED) is 0.859. The van der Waals surface area contributed by atoms with Crippen LogP contribution in [0.25, 0.3) is 0 Å². The number of aromatic nitrogens is 2. The number of amides is 1. The molecular formula is C18H20FN3O2. The Morgan fingerprint density at radius 2 is 1.96 bits per heavy atom. The minimum Gasteiger partial charge on any atom is -0.379 e. The Labute approximate surface area is 140 Å². The zero-order chi connectivity index (χ0) is 16.8. The lowest BCUT2D eigenvalue weighted by Crippen LogP contribution is -2.37. The number of ether oxygens (including phenoxy) is 1. The first-order valence-corrected chi connectivity index (χ1v) is 8.04. The topological polar surface area (TPSA) is 55.3 Å². The molecule has 0 aliphatic carbocycles. The van der Waals surface area contributed by atoms with Gasteiger partial charge >= 0.3 is 0 Å². The summed E-state index contributed by atoms with van der Waals surface area (Å²) in [6.45, 7) is 2.39. The molecule has 24 heavy (non-hydrogen) atoms. The van der Waals surface area contributed by atoms with Gasteiger partial charge in [0.2, 0.25) is 5.91 Å². The average Bonchev–Trinajstić information content (AvgIpc) is 2.83. The van der Waals surface area contributed by atoms with Gasteiger partial charge in [-0.3, -0.25) is 4.79 Å². The zero-order valence-electron chi connectivity index (χ0n) is 13.4. The van der Waals surface area contributed by atoms with Crippen molar-refractivity contribution in [3.8, 4) is 0 Å². The number of hydrogen-bond donors (Lipinski definition) is 0. The van der Waals surface area contributed by atoms with Gasteiger partial charge in [-0.15, -0.1) is 0 Å². The molecule has 1 atom stereocenters. The van der Waals surface area contributed by atoms with Gasteiger partial charge in [0, 0.05) is 31.4 Å². The highest BCUT2D eigenvalue weighted by Crippen LogP contribution is 2.14. The number of carbonyl (C=O) groups is 1. The van der Waals surface area contributed by atoms with Crippen LogP contribution in [0.2, 0.25) is 0 Å². The Morgan fingerprint density at radius 1 is 1.21 bits per heavy atom. The van der Waals surface area contributed by atoms with E-state index in [-0.39, 0.29) is 24.1 Å². The Kier molecular flexibility index (Phi) is 5.48. The molecule has 126 valence electrons. The van der Waals surface area contributed by atoms with Crippen LogP contribution in [0.4, 0.5) is 4.39 Å². The van der Waals surface area contributed by atoms with E-state index in [1.807, 2.05) is 4.90 Å². The number of hydrogen-bond acceptors (Lipinski definition) is 4. The largest absolute Gasteiger partial charge is 0.379 e. The Morgan fingerprint density at radius 3 is 2.71 bits per heavy atom. The van der Waals surface area contributed by atoms with Crippen molar-refractivity contribution in [1.82, 2.24) is 14.9 Å². The Balaban J connectivity index is 1.61. The van der Waals surface area contributed by atoms with Crippen LogP contribution in [-0.2, 0) is 22.4 Å². The number of benzene rings is 1. The summed E-state index contributed by atoms with van der Waals surface area (Å²) in [6, 6.07) is 6.07. The van der Waals surface area contributed by atoms with Crippen LogP contribution in [0.5, 0.6) is 0 Å². The molecule has 2 aromatic rings. The summed E-state index contributed by atoms with van der Waals surface area (Å²) >= 11 is 0. The van der Waals surface area contributed by atoms with E-state index in [1.165, 1.54) is 18.5 Å². The van der Waals surface area contributed by atoms with E-state index < -0.39 is 0 Å². The van der Waals surface area contributed by atoms with Gasteiger partial charge in [-0.2, -0.15) is 0 Å². The molecule has 2 heterocycles. The molecule has 1 saturated heterocycles. The van der Waals surface area contributed by atoms with Crippen LogP contribution in [0, 0.1) is 11.7 Å². The van der Waals surface area contributed by atoms with Crippen LogP contribution in [0.15, 0.2) is 43.0 Å². The Bertz CT molecular complexity index is 664. The van der Waals surface area contributed by atoms with Crippen LogP contribution in [0.3, 0.4) is 0 Å². The van der Waals surface area contributed by atoms with Gasteiger partial charge < -0.3 is 9.64 Å². The number of carbonyl (C=O) groups excluding carboxylic acids is 1. The third-order valence-electron chi connectivity index (χ3n) is 4.10. The van der Waals surface area contributed by atoms with E-state index in [4.69, 9.17) is 4.74 Å². The minimum atomic E-state index is -0.292. The summed E-state index contributed by atoms with van der Waals surface area (Å²) in [5.41, 5.74) is 1.86. The monoisotopic (exact) mass is 329 g/mol. The van der Waals surface area contributed by atoms with Crippen molar-refractivity contribution in [2.24, 2.45) is 5.92 Å². The van der Waals surface area contributed by atoms with Gasteiger partial charge in [0.25, 0.3) is 0 Å². The molecule has 6 heteroatoms. The molecule has 0 spiro atoms. The molecule has 1 fully saturated rings. The maximum atomic E-state index is 13.0. The molecule has 0 saturated carbocycles. The van der Waals surface area contributed by atoms with Crippen LogP contribution in [0.1, 0.15) is 11.1 Å². The van der Waals surface area contributed by atoms with Gasteiger partial charge in [-0.25, -0.2) is 14.4 Å². The van der Waals surface area contributed by atoms with Crippen molar-refractivity contribution in [1.29, 1.82) is 0 Å². The number of halogens is 1. The van der Waals surface area contributed by atoms with Crippen LogP contribution in [-0.4, -0.2) is 47.1 Å². The number of rotatable bonds is 4. The highest BCUT2D eigenvalue weighted by Gasteiger charge is 2.23. The van der Waals surface area contributed by atoms with Crippen molar-refractivity contribution >= 4 is 5.91 Å². The SMILES string of the molecule is O=C(Cc1ccc(F)cc1)N1CCOC[C@H](Cc2cncnc2)C1. The van der Waals surface area contributed by atoms with E-state index in [9.17, 15) is 9.18 Å². The summed E-state index contributed by atoms with van der Waals surface area (Å²) in [4.78, 5) is 22.4. The molecule has 0 unspecified atom stereocenters. The second-order valence-corrected chi connectivity index (χ2v) is 6.03. The maximum absolute atomic E-state index is 13.0. The summed E-state index contributed by atoms with van der Waals surface area (Å²) in [7, 11) is 0. The fourth-order valence-corrected chi connectivity index (χ4v) is 2.89. The lowest BCUT2D eigenvalue weighted by Gasteiger charge is -2.23. The third kappa shape index (κ3) is 4.58. The standard InChI is InChI=1S/C18H20FN3O2/c19-17-3-1-14(2-4-17)8-18(23)22-5-6-24-12-16(11-22)7-15-9-20-13-21-10-15/h1-4,9-10,13,16H,5-8,11-12H2/t16-/m1/s1. The van der Waals surface area contributed by atoms with E-state index in [1.54, 1.807) is 24.5 Å². The molecule has 1 aromatic carbocycles. The molecular weight excluding hydrogens is 309 g/mol. The fourth-order valence-electron chi connectivity index (χ4n) is 2.89. The molecule has 1 amide bonds. The van der Waals surface area contributed by atoms with Gasteiger partial charge in [-0.05, 0) is 29.7 Å². The third-order valence-corrected chi connectivity index (χ3v) is 4.10. The summed E-state index contributed by atoms with van der Waals surface area (Å²) < 4.78 is 18.6.